The molecule has 0 amide bonds. The van der Waals surface area contributed by atoms with Crippen LogP contribution in [0, 0.1) is 11.8 Å². The molecule has 150 valence electrons. The molecule has 0 aliphatic heterocycles. The van der Waals surface area contributed by atoms with E-state index in [2.05, 4.69) is 31.9 Å². The summed E-state index contributed by atoms with van der Waals surface area (Å²) in [6, 6.07) is 7.13. The first-order chi connectivity index (χ1) is 12.3. The summed E-state index contributed by atoms with van der Waals surface area (Å²) in [5.74, 6) is 2.16. The molecule has 3 unspecified atom stereocenters. The molecule has 1 aromatic carbocycles. The van der Waals surface area contributed by atoms with Crippen molar-refractivity contribution < 1.29 is 12.6 Å². The first-order valence-electron chi connectivity index (χ1n) is 10.2. The van der Waals surface area contributed by atoms with Crippen LogP contribution in [0.4, 0.5) is 0 Å². The first-order valence-corrected chi connectivity index (χ1v) is 11.6. The zero-order valence-electron chi connectivity index (χ0n) is 17.3. The van der Waals surface area contributed by atoms with Gasteiger partial charge in [-0.3, -0.25) is 4.18 Å². The van der Waals surface area contributed by atoms with Crippen molar-refractivity contribution in [3.63, 3.8) is 0 Å². The van der Waals surface area contributed by atoms with Gasteiger partial charge in [0.05, 0.1) is 12.0 Å². The van der Waals surface area contributed by atoms with Crippen LogP contribution in [0.5, 0.6) is 0 Å². The highest BCUT2D eigenvalue weighted by molar-refractivity contribution is 7.86. The van der Waals surface area contributed by atoms with Gasteiger partial charge >= 0.3 is 0 Å². The van der Waals surface area contributed by atoms with E-state index in [9.17, 15) is 8.42 Å². The van der Waals surface area contributed by atoms with E-state index in [-0.39, 0.29) is 4.90 Å². The first kappa shape index (κ1) is 23.2. The van der Waals surface area contributed by atoms with Crippen LogP contribution in [0.2, 0.25) is 0 Å². The minimum absolute atomic E-state index is 0.225. The maximum atomic E-state index is 11.7. The molecule has 0 N–H and O–H groups in total. The van der Waals surface area contributed by atoms with Crippen LogP contribution >= 0.6 is 0 Å². The summed E-state index contributed by atoms with van der Waals surface area (Å²) in [5, 5.41) is 0. The molecule has 0 aromatic heterocycles. The Morgan fingerprint density at radius 2 is 1.46 bits per heavy atom. The van der Waals surface area contributed by atoms with Crippen molar-refractivity contribution in [2.24, 2.45) is 11.8 Å². The quantitative estimate of drug-likeness (QED) is 0.364. The van der Waals surface area contributed by atoms with E-state index in [1.54, 1.807) is 12.1 Å². The van der Waals surface area contributed by atoms with Gasteiger partial charge in [-0.05, 0) is 41.9 Å². The van der Waals surface area contributed by atoms with E-state index in [0.717, 1.165) is 18.3 Å². The zero-order chi connectivity index (χ0) is 19.6. The molecule has 3 nitrogen and oxygen atoms in total. The molecule has 0 aliphatic rings. The van der Waals surface area contributed by atoms with Crippen LogP contribution in [0.3, 0.4) is 0 Å². The summed E-state index contributed by atoms with van der Waals surface area (Å²) in [7, 11) is -2.40. The molecular formula is C22H38O3S. The summed E-state index contributed by atoms with van der Waals surface area (Å²) in [6.07, 6.45) is 10.3. The third-order valence-electron chi connectivity index (χ3n) is 5.79. The fourth-order valence-electron chi connectivity index (χ4n) is 3.45. The number of benzene rings is 1. The van der Waals surface area contributed by atoms with Gasteiger partial charge in [0.25, 0.3) is 10.1 Å². The lowest BCUT2D eigenvalue weighted by Crippen LogP contribution is -2.04. The van der Waals surface area contributed by atoms with Gasteiger partial charge in [0.15, 0.2) is 0 Å². The molecule has 0 aliphatic carbocycles. The highest BCUT2D eigenvalue weighted by Crippen LogP contribution is 2.27. The molecule has 0 bridgehead atoms. The SMILES string of the molecule is CCC(C)CCCC(CC)CCCC(C)c1ccc(S(=O)(=O)OC)cc1. The molecule has 1 aromatic rings. The number of hydrogen-bond donors (Lipinski definition) is 0. The average molecular weight is 383 g/mol. The monoisotopic (exact) mass is 382 g/mol. The Bertz CT molecular complexity index is 592. The van der Waals surface area contributed by atoms with Gasteiger partial charge in [0.1, 0.15) is 0 Å². The molecule has 3 atom stereocenters. The van der Waals surface area contributed by atoms with Gasteiger partial charge in [-0.1, -0.05) is 84.8 Å². The lowest BCUT2D eigenvalue weighted by atomic mass is 9.88. The molecule has 1 rings (SSSR count). The molecule has 0 saturated carbocycles. The van der Waals surface area contributed by atoms with Gasteiger partial charge < -0.3 is 0 Å². The fourth-order valence-corrected chi connectivity index (χ4v) is 4.11. The molecule has 0 fully saturated rings. The minimum atomic E-state index is -3.59. The largest absolute Gasteiger partial charge is 0.296 e. The van der Waals surface area contributed by atoms with Crippen molar-refractivity contribution in [3.8, 4) is 0 Å². The van der Waals surface area contributed by atoms with Gasteiger partial charge in [-0.15, -0.1) is 0 Å². The minimum Gasteiger partial charge on any atom is -0.270 e. The zero-order valence-corrected chi connectivity index (χ0v) is 18.1. The third-order valence-corrected chi connectivity index (χ3v) is 7.08. The Morgan fingerprint density at radius 1 is 0.885 bits per heavy atom. The van der Waals surface area contributed by atoms with Crippen molar-refractivity contribution in [1.82, 2.24) is 0 Å². The van der Waals surface area contributed by atoms with Crippen molar-refractivity contribution in [1.29, 1.82) is 0 Å². The molecule has 26 heavy (non-hydrogen) atoms. The molecule has 0 spiro atoms. The van der Waals surface area contributed by atoms with Gasteiger partial charge in [0.2, 0.25) is 0 Å². The Morgan fingerprint density at radius 3 is 1.96 bits per heavy atom. The van der Waals surface area contributed by atoms with Crippen LogP contribution in [0.15, 0.2) is 29.2 Å². The lowest BCUT2D eigenvalue weighted by molar-refractivity contribution is 0.374. The summed E-state index contributed by atoms with van der Waals surface area (Å²) < 4.78 is 27.9. The van der Waals surface area contributed by atoms with E-state index < -0.39 is 10.1 Å². The topological polar surface area (TPSA) is 43.4 Å². The van der Waals surface area contributed by atoms with E-state index in [4.69, 9.17) is 0 Å². The highest BCUT2D eigenvalue weighted by Gasteiger charge is 2.14. The van der Waals surface area contributed by atoms with Crippen molar-refractivity contribution in [2.45, 2.75) is 89.9 Å². The van der Waals surface area contributed by atoms with Crippen molar-refractivity contribution in [2.75, 3.05) is 7.11 Å². The number of rotatable bonds is 13. The van der Waals surface area contributed by atoms with Crippen LogP contribution in [-0.2, 0) is 14.3 Å². The summed E-state index contributed by atoms with van der Waals surface area (Å²) >= 11 is 0. The Hall–Kier alpha value is -0.870. The second-order valence-corrected chi connectivity index (χ2v) is 9.45. The van der Waals surface area contributed by atoms with E-state index >= 15 is 0 Å². The maximum absolute atomic E-state index is 11.7. The summed E-state index contributed by atoms with van der Waals surface area (Å²) in [4.78, 5) is 0.225. The normalized spacial score (nSPS) is 15.6. The Labute approximate surface area is 161 Å². The van der Waals surface area contributed by atoms with Gasteiger partial charge in [0, 0.05) is 0 Å². The average Bonchev–Trinajstić information content (AvgIpc) is 2.66. The molecular weight excluding hydrogens is 344 g/mol. The Kier molecular flexibility index (Phi) is 10.5. The van der Waals surface area contributed by atoms with E-state index in [1.165, 1.54) is 57.6 Å². The molecule has 0 heterocycles. The smallest absolute Gasteiger partial charge is 0.270 e. The summed E-state index contributed by atoms with van der Waals surface area (Å²) in [6.45, 7) is 9.17. The fraction of sp³-hybridized carbons (Fsp3) is 0.727. The Balaban J connectivity index is 2.42. The van der Waals surface area contributed by atoms with Crippen LogP contribution < -0.4 is 0 Å². The lowest BCUT2D eigenvalue weighted by Gasteiger charge is -2.18. The molecule has 4 heteroatoms. The molecule has 0 saturated heterocycles. The molecule has 0 radical (unpaired) electrons. The van der Waals surface area contributed by atoms with Crippen LogP contribution in [0.25, 0.3) is 0 Å². The van der Waals surface area contributed by atoms with Crippen LogP contribution in [0.1, 0.15) is 90.5 Å². The third kappa shape index (κ3) is 7.79. The van der Waals surface area contributed by atoms with E-state index in [0.29, 0.717) is 5.92 Å². The standard InChI is InChI=1S/C22H38O3S/c1-6-18(3)10-8-12-20(7-2)13-9-11-19(4)21-14-16-22(17-15-21)26(23,24)25-5/h14-20H,6-13H2,1-5H3. The van der Waals surface area contributed by atoms with Gasteiger partial charge in [-0.2, -0.15) is 8.42 Å². The van der Waals surface area contributed by atoms with Crippen LogP contribution in [-0.4, -0.2) is 15.5 Å². The highest BCUT2D eigenvalue weighted by atomic mass is 32.2. The van der Waals surface area contributed by atoms with E-state index in [1.807, 2.05) is 12.1 Å². The predicted octanol–water partition coefficient (Wildman–Crippen LogP) is 6.54. The second kappa shape index (κ2) is 11.8. The van der Waals surface area contributed by atoms with Gasteiger partial charge in [-0.25, -0.2) is 0 Å². The summed E-state index contributed by atoms with van der Waals surface area (Å²) in [5.41, 5.74) is 1.20. The van der Waals surface area contributed by atoms with Crippen molar-refractivity contribution in [3.05, 3.63) is 29.8 Å². The predicted molar refractivity (Wildman–Crippen MR) is 110 cm³/mol. The second-order valence-electron chi connectivity index (χ2n) is 7.74. The number of hydrogen-bond acceptors (Lipinski definition) is 3. The maximum Gasteiger partial charge on any atom is 0.296 e. The van der Waals surface area contributed by atoms with Crippen molar-refractivity contribution >= 4 is 10.1 Å².